The molecule has 0 aliphatic carbocycles. The molecule has 102 valence electrons. The number of H-pyrrole nitrogens is 1. The first-order chi connectivity index (χ1) is 9.18. The minimum Gasteiger partial charge on any atom is -0.505 e. The summed E-state index contributed by atoms with van der Waals surface area (Å²) in [6, 6.07) is 4.56. The van der Waals surface area contributed by atoms with E-state index in [1.54, 1.807) is 12.1 Å². The Bertz CT molecular complexity index is 539. The monoisotopic (exact) mass is 263 g/mol. The largest absolute Gasteiger partial charge is 0.505 e. The van der Waals surface area contributed by atoms with Crippen molar-refractivity contribution in [2.75, 3.05) is 6.54 Å². The first kappa shape index (κ1) is 13.5. The van der Waals surface area contributed by atoms with E-state index in [4.69, 9.17) is 0 Å². The molecule has 0 unspecified atom stereocenters. The van der Waals surface area contributed by atoms with Crippen LogP contribution in [0.15, 0.2) is 24.4 Å². The number of rotatable bonds is 6. The third-order valence-electron chi connectivity index (χ3n) is 3.12. The maximum Gasteiger partial charge on any atom is 0.165 e. The first-order valence-corrected chi connectivity index (χ1v) is 6.34. The summed E-state index contributed by atoms with van der Waals surface area (Å²) >= 11 is 0. The Morgan fingerprint density at radius 3 is 2.95 bits per heavy atom. The molecule has 0 amide bonds. The molecule has 2 rings (SSSR count). The third kappa shape index (κ3) is 3.54. The lowest BCUT2D eigenvalue weighted by Gasteiger charge is -2.07. The number of para-hydroxylation sites is 1. The predicted molar refractivity (Wildman–Crippen MR) is 71.4 cm³/mol. The lowest BCUT2D eigenvalue weighted by molar-refractivity contribution is 0.423. The Hall–Kier alpha value is -1.88. The average Bonchev–Trinajstić information content (AvgIpc) is 2.80. The fraction of sp³-hybridized carbons (Fsp3) is 0.357. The summed E-state index contributed by atoms with van der Waals surface area (Å²) in [5.74, 6) is -0.839. The number of hydrogen-bond acceptors (Lipinski definition) is 3. The molecule has 0 aliphatic heterocycles. The van der Waals surface area contributed by atoms with Gasteiger partial charge in [0.2, 0.25) is 0 Å². The van der Waals surface area contributed by atoms with Crippen LogP contribution >= 0.6 is 0 Å². The number of aromatic amines is 1. The van der Waals surface area contributed by atoms with Gasteiger partial charge in [-0.1, -0.05) is 12.1 Å². The van der Waals surface area contributed by atoms with E-state index in [2.05, 4.69) is 15.5 Å². The van der Waals surface area contributed by atoms with E-state index in [1.807, 2.05) is 13.1 Å². The molecule has 0 spiro atoms. The summed E-state index contributed by atoms with van der Waals surface area (Å²) in [5.41, 5.74) is 2.90. The molecule has 2 aromatic rings. The van der Waals surface area contributed by atoms with Gasteiger partial charge in [-0.05, 0) is 37.9 Å². The molecule has 0 saturated carbocycles. The number of halogens is 1. The molecule has 0 radical (unpaired) electrons. The third-order valence-corrected chi connectivity index (χ3v) is 3.12. The number of benzene rings is 1. The summed E-state index contributed by atoms with van der Waals surface area (Å²) in [6.07, 6.45) is 3.76. The van der Waals surface area contributed by atoms with Gasteiger partial charge >= 0.3 is 0 Å². The summed E-state index contributed by atoms with van der Waals surface area (Å²) in [5, 5.41) is 19.6. The van der Waals surface area contributed by atoms with Crippen LogP contribution in [0, 0.1) is 12.7 Å². The number of aryl methyl sites for hydroxylation is 2. The summed E-state index contributed by atoms with van der Waals surface area (Å²) in [4.78, 5) is 0. The van der Waals surface area contributed by atoms with Gasteiger partial charge in [-0.15, -0.1) is 0 Å². The second-order valence-electron chi connectivity index (χ2n) is 4.55. The zero-order chi connectivity index (χ0) is 13.7. The van der Waals surface area contributed by atoms with E-state index in [1.165, 1.54) is 11.6 Å². The van der Waals surface area contributed by atoms with E-state index in [0.29, 0.717) is 12.1 Å². The Kier molecular flexibility index (Phi) is 4.52. The quantitative estimate of drug-likeness (QED) is 0.701. The maximum absolute atomic E-state index is 13.1. The highest BCUT2D eigenvalue weighted by molar-refractivity contribution is 5.33. The van der Waals surface area contributed by atoms with Gasteiger partial charge in [0.25, 0.3) is 0 Å². The number of aromatic nitrogens is 2. The van der Waals surface area contributed by atoms with Crippen LogP contribution in [-0.2, 0) is 13.0 Å². The van der Waals surface area contributed by atoms with E-state index >= 15 is 0 Å². The first-order valence-electron chi connectivity index (χ1n) is 6.34. The normalized spacial score (nSPS) is 10.8. The minimum absolute atomic E-state index is 0.263. The zero-order valence-electron chi connectivity index (χ0n) is 10.9. The number of phenolic OH excluding ortho intramolecular Hbond substituents is 1. The number of aromatic hydroxyl groups is 1. The highest BCUT2D eigenvalue weighted by Gasteiger charge is 2.05. The van der Waals surface area contributed by atoms with Gasteiger partial charge in [0, 0.05) is 17.8 Å². The SMILES string of the molecule is Cc1[nH]ncc1CCCNCc1cccc(F)c1O. The fourth-order valence-electron chi connectivity index (χ4n) is 1.96. The van der Waals surface area contributed by atoms with Crippen LogP contribution in [0.25, 0.3) is 0 Å². The molecular formula is C14H18FN3O. The van der Waals surface area contributed by atoms with E-state index < -0.39 is 5.82 Å². The molecule has 0 saturated heterocycles. The average molecular weight is 263 g/mol. The summed E-state index contributed by atoms with van der Waals surface area (Å²) in [6.45, 7) is 3.27. The second-order valence-corrected chi connectivity index (χ2v) is 4.55. The molecule has 1 heterocycles. The molecule has 0 bridgehead atoms. The van der Waals surface area contributed by atoms with Crippen LogP contribution in [0.3, 0.4) is 0 Å². The number of phenols is 1. The van der Waals surface area contributed by atoms with E-state index in [0.717, 1.165) is 25.1 Å². The van der Waals surface area contributed by atoms with Crippen LogP contribution in [0.5, 0.6) is 5.75 Å². The van der Waals surface area contributed by atoms with Crippen molar-refractivity contribution in [2.24, 2.45) is 0 Å². The summed E-state index contributed by atoms with van der Waals surface area (Å²) in [7, 11) is 0. The maximum atomic E-state index is 13.1. The molecule has 4 nitrogen and oxygen atoms in total. The number of nitrogens with one attached hydrogen (secondary N) is 2. The highest BCUT2D eigenvalue weighted by Crippen LogP contribution is 2.20. The van der Waals surface area contributed by atoms with Crippen molar-refractivity contribution in [1.29, 1.82) is 0 Å². The van der Waals surface area contributed by atoms with Crippen molar-refractivity contribution in [3.8, 4) is 5.75 Å². The standard InChI is InChI=1S/C14H18FN3O/c1-10-11(9-17-18-10)5-3-7-16-8-12-4-2-6-13(15)14(12)19/h2,4,6,9,16,19H,3,5,7-8H2,1H3,(H,17,18). The van der Waals surface area contributed by atoms with Gasteiger partial charge in [0.15, 0.2) is 11.6 Å². The molecule has 19 heavy (non-hydrogen) atoms. The molecular weight excluding hydrogens is 245 g/mol. The smallest absolute Gasteiger partial charge is 0.165 e. The second kappa shape index (κ2) is 6.33. The van der Waals surface area contributed by atoms with Crippen LogP contribution in [0.2, 0.25) is 0 Å². The Morgan fingerprint density at radius 2 is 2.21 bits per heavy atom. The van der Waals surface area contributed by atoms with Gasteiger partial charge in [-0.2, -0.15) is 5.10 Å². The van der Waals surface area contributed by atoms with Crippen LogP contribution in [0.4, 0.5) is 4.39 Å². The lowest BCUT2D eigenvalue weighted by atomic mass is 10.1. The predicted octanol–water partition coefficient (Wildman–Crippen LogP) is 2.29. The van der Waals surface area contributed by atoms with E-state index in [-0.39, 0.29) is 5.75 Å². The molecule has 1 aromatic heterocycles. The molecule has 5 heteroatoms. The van der Waals surface area contributed by atoms with Crippen LogP contribution in [-0.4, -0.2) is 21.8 Å². The molecule has 3 N–H and O–H groups in total. The van der Waals surface area contributed by atoms with Gasteiger partial charge < -0.3 is 10.4 Å². The topological polar surface area (TPSA) is 60.9 Å². The van der Waals surface area contributed by atoms with Crippen molar-refractivity contribution >= 4 is 0 Å². The zero-order valence-corrected chi connectivity index (χ0v) is 10.9. The molecule has 1 aromatic carbocycles. The van der Waals surface area contributed by atoms with Crippen molar-refractivity contribution in [3.63, 3.8) is 0 Å². The molecule has 0 atom stereocenters. The molecule has 0 fully saturated rings. The van der Waals surface area contributed by atoms with E-state index in [9.17, 15) is 9.50 Å². The lowest BCUT2D eigenvalue weighted by Crippen LogP contribution is -2.15. The Labute approximate surface area is 111 Å². The Balaban J connectivity index is 1.72. The van der Waals surface area contributed by atoms with Crippen molar-refractivity contribution in [3.05, 3.63) is 47.0 Å². The Morgan fingerprint density at radius 1 is 1.37 bits per heavy atom. The summed E-state index contributed by atoms with van der Waals surface area (Å²) < 4.78 is 13.1. The van der Waals surface area contributed by atoms with Gasteiger partial charge in [0.05, 0.1) is 6.20 Å². The van der Waals surface area contributed by atoms with Crippen molar-refractivity contribution in [1.82, 2.24) is 15.5 Å². The van der Waals surface area contributed by atoms with Crippen LogP contribution < -0.4 is 5.32 Å². The van der Waals surface area contributed by atoms with Crippen LogP contribution in [0.1, 0.15) is 23.2 Å². The highest BCUT2D eigenvalue weighted by atomic mass is 19.1. The van der Waals surface area contributed by atoms with Crippen molar-refractivity contribution in [2.45, 2.75) is 26.3 Å². The fourth-order valence-corrected chi connectivity index (χ4v) is 1.96. The van der Waals surface area contributed by atoms with Gasteiger partial charge in [-0.3, -0.25) is 5.10 Å². The van der Waals surface area contributed by atoms with Gasteiger partial charge in [-0.25, -0.2) is 4.39 Å². The molecule has 0 aliphatic rings. The number of nitrogens with zero attached hydrogens (tertiary/aromatic N) is 1. The minimum atomic E-state index is -0.576. The van der Waals surface area contributed by atoms with Crippen molar-refractivity contribution < 1.29 is 9.50 Å². The number of hydrogen-bond donors (Lipinski definition) is 3. The van der Waals surface area contributed by atoms with Gasteiger partial charge in [0.1, 0.15) is 0 Å².